The number of hydrogen-bond acceptors (Lipinski definition) is 2. The van der Waals surface area contributed by atoms with Gasteiger partial charge in [0.25, 0.3) is 0 Å². The van der Waals surface area contributed by atoms with Crippen LogP contribution in [0.5, 0.6) is 0 Å². The number of aliphatic imine (C=N–C) groups is 1. The second-order valence-corrected chi connectivity index (χ2v) is 2.01. The summed E-state index contributed by atoms with van der Waals surface area (Å²) in [6.07, 6.45) is 1.73. The zero-order valence-electron chi connectivity index (χ0n) is 5.05. The van der Waals surface area contributed by atoms with Gasteiger partial charge in [0.15, 0.2) is 0 Å². The molecule has 8 heavy (non-hydrogen) atoms. The van der Waals surface area contributed by atoms with E-state index in [1.165, 1.54) is 0 Å². The molecule has 2 nitrogen and oxygen atoms in total. The molecule has 44 valence electrons. The van der Waals surface area contributed by atoms with Crippen molar-refractivity contribution in [2.24, 2.45) is 4.99 Å². The van der Waals surface area contributed by atoms with Crippen LogP contribution in [0.2, 0.25) is 0 Å². The molecular formula is C6H9NO. The maximum absolute atomic E-state index is 8.90. The smallest absolute Gasteiger partial charge is 0.134 e. The number of allylic oxidation sites excluding steroid dienone is 1. The van der Waals surface area contributed by atoms with E-state index in [1.807, 2.05) is 6.92 Å². The fraction of sp³-hybridized carbons (Fsp3) is 0.500. The van der Waals surface area contributed by atoms with Gasteiger partial charge in [0.2, 0.25) is 0 Å². The lowest BCUT2D eigenvalue weighted by Crippen LogP contribution is -1.88. The van der Waals surface area contributed by atoms with Crippen molar-refractivity contribution in [3.8, 4) is 0 Å². The highest BCUT2D eigenvalue weighted by Gasteiger charge is 2.08. The highest BCUT2D eigenvalue weighted by Crippen LogP contribution is 2.08. The molecule has 0 aliphatic carbocycles. The SMILES string of the molecule is CC1=NC(C)C=C1O. The van der Waals surface area contributed by atoms with Gasteiger partial charge in [-0.15, -0.1) is 0 Å². The van der Waals surface area contributed by atoms with Crippen molar-refractivity contribution >= 4 is 5.71 Å². The topological polar surface area (TPSA) is 32.6 Å². The third-order valence-electron chi connectivity index (χ3n) is 1.17. The van der Waals surface area contributed by atoms with Crippen molar-refractivity contribution < 1.29 is 5.11 Å². The minimum absolute atomic E-state index is 0.176. The summed E-state index contributed by atoms with van der Waals surface area (Å²) in [5, 5.41) is 8.90. The first-order valence-electron chi connectivity index (χ1n) is 2.65. The van der Waals surface area contributed by atoms with Gasteiger partial charge in [0.1, 0.15) is 5.76 Å². The summed E-state index contributed by atoms with van der Waals surface area (Å²) in [6.45, 7) is 3.74. The van der Waals surface area contributed by atoms with Crippen LogP contribution in [0, 0.1) is 0 Å². The summed E-state index contributed by atoms with van der Waals surface area (Å²) < 4.78 is 0. The minimum atomic E-state index is 0.176. The van der Waals surface area contributed by atoms with Crippen LogP contribution in [0.15, 0.2) is 16.8 Å². The average molecular weight is 111 g/mol. The van der Waals surface area contributed by atoms with Crippen LogP contribution in [0.1, 0.15) is 13.8 Å². The molecular weight excluding hydrogens is 102 g/mol. The van der Waals surface area contributed by atoms with Gasteiger partial charge in [-0.25, -0.2) is 0 Å². The molecule has 0 radical (unpaired) electrons. The maximum atomic E-state index is 8.90. The molecule has 0 aromatic carbocycles. The molecule has 1 heterocycles. The van der Waals surface area contributed by atoms with Crippen molar-refractivity contribution in [3.05, 3.63) is 11.8 Å². The molecule has 1 aliphatic rings. The number of nitrogens with zero attached hydrogens (tertiary/aromatic N) is 1. The Balaban J connectivity index is 2.82. The molecule has 0 aromatic rings. The van der Waals surface area contributed by atoms with E-state index in [9.17, 15) is 0 Å². The van der Waals surface area contributed by atoms with Crippen LogP contribution in [0.4, 0.5) is 0 Å². The van der Waals surface area contributed by atoms with Gasteiger partial charge in [0, 0.05) is 0 Å². The van der Waals surface area contributed by atoms with Crippen LogP contribution in [0.25, 0.3) is 0 Å². The van der Waals surface area contributed by atoms with E-state index in [2.05, 4.69) is 4.99 Å². The third-order valence-corrected chi connectivity index (χ3v) is 1.17. The van der Waals surface area contributed by atoms with Crippen LogP contribution >= 0.6 is 0 Å². The highest BCUT2D eigenvalue weighted by atomic mass is 16.3. The van der Waals surface area contributed by atoms with Gasteiger partial charge in [-0.2, -0.15) is 0 Å². The van der Waals surface area contributed by atoms with Crippen molar-refractivity contribution in [2.75, 3.05) is 0 Å². The van der Waals surface area contributed by atoms with Gasteiger partial charge in [-0.3, -0.25) is 4.99 Å². The number of aliphatic hydroxyl groups is 1. The van der Waals surface area contributed by atoms with Crippen LogP contribution in [0.3, 0.4) is 0 Å². The standard InChI is InChI=1S/C6H9NO/c1-4-3-6(8)5(2)7-4/h3-4,8H,1-2H3. The molecule has 0 saturated heterocycles. The minimum Gasteiger partial charge on any atom is -0.506 e. The molecule has 0 fully saturated rings. The Morgan fingerprint density at radius 3 is 2.50 bits per heavy atom. The van der Waals surface area contributed by atoms with Gasteiger partial charge in [0.05, 0.1) is 11.8 Å². The number of hydrogen-bond donors (Lipinski definition) is 1. The molecule has 0 aromatic heterocycles. The molecule has 1 unspecified atom stereocenters. The fourth-order valence-corrected chi connectivity index (χ4v) is 0.758. The summed E-state index contributed by atoms with van der Waals surface area (Å²) in [5.41, 5.74) is 0.748. The molecule has 0 saturated carbocycles. The Bertz CT molecular complexity index is 140. The van der Waals surface area contributed by atoms with Crippen LogP contribution < -0.4 is 0 Å². The number of rotatable bonds is 0. The Morgan fingerprint density at radius 2 is 2.38 bits per heavy atom. The lowest BCUT2D eigenvalue weighted by Gasteiger charge is -1.86. The molecule has 1 aliphatic heterocycles. The lowest BCUT2D eigenvalue weighted by atomic mass is 10.3. The van der Waals surface area contributed by atoms with E-state index in [0.29, 0.717) is 5.76 Å². The van der Waals surface area contributed by atoms with Gasteiger partial charge < -0.3 is 5.11 Å². The van der Waals surface area contributed by atoms with Crippen LogP contribution in [-0.2, 0) is 0 Å². The monoisotopic (exact) mass is 111 g/mol. The predicted octanol–water partition coefficient (Wildman–Crippen LogP) is 1.29. The van der Waals surface area contributed by atoms with Gasteiger partial charge in [-0.1, -0.05) is 0 Å². The van der Waals surface area contributed by atoms with E-state index < -0.39 is 0 Å². The Kier molecular flexibility index (Phi) is 1.08. The van der Waals surface area contributed by atoms with Crippen LogP contribution in [-0.4, -0.2) is 16.9 Å². The second kappa shape index (κ2) is 1.62. The largest absolute Gasteiger partial charge is 0.506 e. The molecule has 0 amide bonds. The molecule has 2 heteroatoms. The Labute approximate surface area is 48.6 Å². The highest BCUT2D eigenvalue weighted by molar-refractivity contribution is 5.97. The molecule has 1 rings (SSSR count). The second-order valence-electron chi connectivity index (χ2n) is 2.01. The molecule has 0 bridgehead atoms. The normalized spacial score (nSPS) is 27.5. The zero-order valence-corrected chi connectivity index (χ0v) is 5.05. The quantitative estimate of drug-likeness (QED) is 0.502. The summed E-state index contributed by atoms with van der Waals surface area (Å²) >= 11 is 0. The summed E-state index contributed by atoms with van der Waals surface area (Å²) in [7, 11) is 0. The first-order valence-corrected chi connectivity index (χ1v) is 2.65. The fourth-order valence-electron chi connectivity index (χ4n) is 0.758. The maximum Gasteiger partial charge on any atom is 0.134 e. The molecule has 0 spiro atoms. The lowest BCUT2D eigenvalue weighted by molar-refractivity contribution is 0.443. The Morgan fingerprint density at radius 1 is 1.75 bits per heavy atom. The summed E-state index contributed by atoms with van der Waals surface area (Å²) in [5.74, 6) is 0.331. The third kappa shape index (κ3) is 0.735. The average Bonchev–Trinajstić information content (AvgIpc) is 1.85. The molecule has 1 atom stereocenters. The first-order chi connectivity index (χ1) is 3.70. The van der Waals surface area contributed by atoms with E-state index in [4.69, 9.17) is 5.11 Å². The molecule has 1 N–H and O–H groups in total. The van der Waals surface area contributed by atoms with Crippen molar-refractivity contribution in [3.63, 3.8) is 0 Å². The van der Waals surface area contributed by atoms with E-state index in [-0.39, 0.29) is 6.04 Å². The Hall–Kier alpha value is -0.790. The van der Waals surface area contributed by atoms with Gasteiger partial charge in [-0.05, 0) is 19.9 Å². The van der Waals surface area contributed by atoms with Crippen molar-refractivity contribution in [1.82, 2.24) is 0 Å². The summed E-state index contributed by atoms with van der Waals surface area (Å²) in [4.78, 5) is 4.04. The van der Waals surface area contributed by atoms with Gasteiger partial charge >= 0.3 is 0 Å². The van der Waals surface area contributed by atoms with E-state index in [1.54, 1.807) is 13.0 Å². The van der Waals surface area contributed by atoms with Crippen molar-refractivity contribution in [2.45, 2.75) is 19.9 Å². The van der Waals surface area contributed by atoms with Crippen molar-refractivity contribution in [1.29, 1.82) is 0 Å². The predicted molar refractivity (Wildman–Crippen MR) is 33.3 cm³/mol. The number of aliphatic hydroxyl groups excluding tert-OH is 1. The first kappa shape index (κ1) is 5.35. The summed E-state index contributed by atoms with van der Waals surface area (Å²) in [6, 6.07) is 0.176. The zero-order chi connectivity index (χ0) is 6.15. The van der Waals surface area contributed by atoms with E-state index >= 15 is 0 Å². The van der Waals surface area contributed by atoms with E-state index in [0.717, 1.165) is 5.71 Å².